The SMILES string of the molecule is CNCCC(c1ccccc1)c1cnc2[nH]ccc2c1. The third-order valence-corrected chi connectivity index (χ3v) is 3.71. The molecule has 2 aromatic heterocycles. The van der Waals surface area contributed by atoms with Gasteiger partial charge >= 0.3 is 0 Å². The molecule has 0 saturated carbocycles. The standard InChI is InChI=1S/C17H19N3/c1-18-9-8-16(13-5-3-2-4-6-13)15-11-14-7-10-19-17(14)20-12-15/h2-7,10-12,16,18H,8-9H2,1H3,(H,19,20). The lowest BCUT2D eigenvalue weighted by Gasteiger charge is -2.17. The maximum Gasteiger partial charge on any atom is 0.137 e. The molecule has 0 fully saturated rings. The van der Waals surface area contributed by atoms with Crippen LogP contribution in [0.15, 0.2) is 54.9 Å². The van der Waals surface area contributed by atoms with Crippen molar-refractivity contribution >= 4 is 11.0 Å². The Morgan fingerprint density at radius 2 is 2.00 bits per heavy atom. The molecular formula is C17H19N3. The number of pyridine rings is 1. The summed E-state index contributed by atoms with van der Waals surface area (Å²) in [5.41, 5.74) is 3.58. The van der Waals surface area contributed by atoms with E-state index in [9.17, 15) is 0 Å². The van der Waals surface area contributed by atoms with Crippen LogP contribution in [0, 0.1) is 0 Å². The number of nitrogens with one attached hydrogen (secondary N) is 2. The second-order valence-corrected chi connectivity index (χ2v) is 5.04. The zero-order valence-electron chi connectivity index (χ0n) is 11.6. The molecule has 102 valence electrons. The molecule has 20 heavy (non-hydrogen) atoms. The number of aromatic nitrogens is 2. The Labute approximate surface area is 119 Å². The van der Waals surface area contributed by atoms with E-state index in [-0.39, 0.29) is 0 Å². The molecular weight excluding hydrogens is 246 g/mol. The minimum atomic E-state index is 0.385. The monoisotopic (exact) mass is 265 g/mol. The van der Waals surface area contributed by atoms with E-state index < -0.39 is 0 Å². The highest BCUT2D eigenvalue weighted by Crippen LogP contribution is 2.28. The van der Waals surface area contributed by atoms with Crippen molar-refractivity contribution in [3.8, 4) is 0 Å². The maximum absolute atomic E-state index is 4.52. The molecule has 3 heteroatoms. The predicted molar refractivity (Wildman–Crippen MR) is 82.9 cm³/mol. The Hall–Kier alpha value is -2.13. The highest BCUT2D eigenvalue weighted by molar-refractivity contribution is 5.76. The van der Waals surface area contributed by atoms with Crippen LogP contribution < -0.4 is 5.32 Å². The molecule has 0 aliphatic rings. The van der Waals surface area contributed by atoms with Crippen molar-refractivity contribution in [2.24, 2.45) is 0 Å². The number of fused-ring (bicyclic) bond motifs is 1. The Balaban J connectivity index is 1.99. The van der Waals surface area contributed by atoms with E-state index in [1.165, 1.54) is 16.5 Å². The van der Waals surface area contributed by atoms with E-state index in [1.54, 1.807) is 0 Å². The first kappa shape index (κ1) is 12.9. The van der Waals surface area contributed by atoms with Crippen LogP contribution in [-0.2, 0) is 0 Å². The van der Waals surface area contributed by atoms with Gasteiger partial charge in [0.05, 0.1) is 0 Å². The van der Waals surface area contributed by atoms with Crippen molar-refractivity contribution in [2.75, 3.05) is 13.6 Å². The van der Waals surface area contributed by atoms with Gasteiger partial charge < -0.3 is 10.3 Å². The lowest BCUT2D eigenvalue weighted by Crippen LogP contribution is -2.13. The average molecular weight is 265 g/mol. The summed E-state index contributed by atoms with van der Waals surface area (Å²) in [6.07, 6.45) is 5.00. The summed E-state index contributed by atoms with van der Waals surface area (Å²) in [7, 11) is 2.00. The molecule has 2 N–H and O–H groups in total. The van der Waals surface area contributed by atoms with Crippen LogP contribution in [0.1, 0.15) is 23.5 Å². The van der Waals surface area contributed by atoms with E-state index in [2.05, 4.69) is 57.7 Å². The third kappa shape index (κ3) is 2.58. The molecule has 0 aliphatic heterocycles. The summed E-state index contributed by atoms with van der Waals surface area (Å²) >= 11 is 0. The van der Waals surface area contributed by atoms with Crippen molar-refractivity contribution in [2.45, 2.75) is 12.3 Å². The van der Waals surface area contributed by atoms with Gasteiger partial charge in [0.1, 0.15) is 5.65 Å². The fraction of sp³-hybridized carbons (Fsp3) is 0.235. The molecule has 3 nitrogen and oxygen atoms in total. The fourth-order valence-electron chi connectivity index (χ4n) is 2.65. The number of hydrogen-bond acceptors (Lipinski definition) is 2. The highest BCUT2D eigenvalue weighted by atomic mass is 14.8. The van der Waals surface area contributed by atoms with E-state index in [4.69, 9.17) is 0 Å². The number of benzene rings is 1. The average Bonchev–Trinajstić information content (AvgIpc) is 2.96. The summed E-state index contributed by atoms with van der Waals surface area (Å²) in [4.78, 5) is 7.66. The van der Waals surface area contributed by atoms with Crippen molar-refractivity contribution in [3.63, 3.8) is 0 Å². The molecule has 1 atom stereocenters. The second-order valence-electron chi connectivity index (χ2n) is 5.04. The normalized spacial score (nSPS) is 12.7. The van der Waals surface area contributed by atoms with Crippen LogP contribution in [-0.4, -0.2) is 23.6 Å². The molecule has 1 aromatic carbocycles. The van der Waals surface area contributed by atoms with Crippen LogP contribution in [0.5, 0.6) is 0 Å². The third-order valence-electron chi connectivity index (χ3n) is 3.71. The molecule has 0 saturated heterocycles. The number of hydrogen-bond donors (Lipinski definition) is 2. The Morgan fingerprint density at radius 1 is 1.15 bits per heavy atom. The van der Waals surface area contributed by atoms with Crippen LogP contribution in [0.4, 0.5) is 0 Å². The van der Waals surface area contributed by atoms with Crippen LogP contribution in [0.25, 0.3) is 11.0 Å². The summed E-state index contributed by atoms with van der Waals surface area (Å²) in [6.45, 7) is 0.991. The minimum absolute atomic E-state index is 0.385. The van der Waals surface area contributed by atoms with E-state index >= 15 is 0 Å². The van der Waals surface area contributed by atoms with Gasteiger partial charge in [-0.3, -0.25) is 0 Å². The molecule has 0 aliphatic carbocycles. The number of nitrogens with zero attached hydrogens (tertiary/aromatic N) is 1. The van der Waals surface area contributed by atoms with E-state index in [1.807, 2.05) is 19.4 Å². The van der Waals surface area contributed by atoms with Crippen molar-refractivity contribution < 1.29 is 0 Å². The highest BCUT2D eigenvalue weighted by Gasteiger charge is 2.14. The largest absolute Gasteiger partial charge is 0.346 e. The first-order valence-corrected chi connectivity index (χ1v) is 7.01. The Kier molecular flexibility index (Phi) is 3.79. The molecule has 0 bridgehead atoms. The van der Waals surface area contributed by atoms with Gasteiger partial charge in [0.15, 0.2) is 0 Å². The first-order chi connectivity index (χ1) is 9.88. The number of rotatable bonds is 5. The lowest BCUT2D eigenvalue weighted by atomic mass is 9.89. The van der Waals surface area contributed by atoms with Gasteiger partial charge in [0, 0.05) is 23.7 Å². The second kappa shape index (κ2) is 5.88. The quantitative estimate of drug-likeness (QED) is 0.743. The lowest BCUT2D eigenvalue weighted by molar-refractivity contribution is 0.661. The first-order valence-electron chi connectivity index (χ1n) is 7.01. The summed E-state index contributed by atoms with van der Waals surface area (Å²) in [6, 6.07) is 15.0. The zero-order valence-corrected chi connectivity index (χ0v) is 11.6. The van der Waals surface area contributed by atoms with Gasteiger partial charge in [0.2, 0.25) is 0 Å². The number of H-pyrrole nitrogens is 1. The van der Waals surface area contributed by atoms with Crippen molar-refractivity contribution in [1.29, 1.82) is 0 Å². The topological polar surface area (TPSA) is 40.7 Å². The van der Waals surface area contributed by atoms with Gasteiger partial charge in [-0.15, -0.1) is 0 Å². The van der Waals surface area contributed by atoms with E-state index in [0.717, 1.165) is 18.6 Å². The van der Waals surface area contributed by atoms with Gasteiger partial charge in [-0.2, -0.15) is 0 Å². The van der Waals surface area contributed by atoms with Gasteiger partial charge in [-0.25, -0.2) is 4.98 Å². The van der Waals surface area contributed by atoms with Gasteiger partial charge in [-0.05, 0) is 43.3 Å². The zero-order chi connectivity index (χ0) is 13.8. The van der Waals surface area contributed by atoms with Crippen molar-refractivity contribution in [1.82, 2.24) is 15.3 Å². The summed E-state index contributed by atoms with van der Waals surface area (Å²) in [5.74, 6) is 0.385. The van der Waals surface area contributed by atoms with Crippen LogP contribution >= 0.6 is 0 Å². The molecule has 0 amide bonds. The fourth-order valence-corrected chi connectivity index (χ4v) is 2.65. The molecule has 3 rings (SSSR count). The Morgan fingerprint density at radius 3 is 2.80 bits per heavy atom. The Bertz CT molecular complexity index is 673. The minimum Gasteiger partial charge on any atom is -0.346 e. The number of aromatic amines is 1. The summed E-state index contributed by atoms with van der Waals surface area (Å²) in [5, 5.41) is 4.42. The molecule has 3 aromatic rings. The van der Waals surface area contributed by atoms with Gasteiger partial charge in [0.25, 0.3) is 0 Å². The van der Waals surface area contributed by atoms with Gasteiger partial charge in [-0.1, -0.05) is 30.3 Å². The van der Waals surface area contributed by atoms with Crippen LogP contribution in [0.3, 0.4) is 0 Å². The molecule has 2 heterocycles. The van der Waals surface area contributed by atoms with E-state index in [0.29, 0.717) is 5.92 Å². The smallest absolute Gasteiger partial charge is 0.137 e. The molecule has 1 unspecified atom stereocenters. The maximum atomic E-state index is 4.52. The molecule has 0 radical (unpaired) electrons. The van der Waals surface area contributed by atoms with Crippen LogP contribution in [0.2, 0.25) is 0 Å². The van der Waals surface area contributed by atoms with Crippen molar-refractivity contribution in [3.05, 3.63) is 66.0 Å². The summed E-state index contributed by atoms with van der Waals surface area (Å²) < 4.78 is 0. The predicted octanol–water partition coefficient (Wildman–Crippen LogP) is 3.30. The molecule has 0 spiro atoms.